The molecule has 0 saturated carbocycles. The molecule has 4 nitrogen and oxygen atoms in total. The van der Waals surface area contributed by atoms with Gasteiger partial charge in [0.2, 0.25) is 0 Å². The largest absolute Gasteiger partial charge is 0.276 e. The van der Waals surface area contributed by atoms with E-state index in [-0.39, 0.29) is 17.2 Å². The van der Waals surface area contributed by atoms with Crippen LogP contribution in [0.1, 0.15) is 35.7 Å². The third-order valence-corrected chi connectivity index (χ3v) is 2.29. The number of hydrogen-bond acceptors (Lipinski definition) is 3. The van der Waals surface area contributed by atoms with Crippen molar-refractivity contribution in [3.8, 4) is 0 Å². The minimum absolute atomic E-state index is 0.0201. The van der Waals surface area contributed by atoms with E-state index in [1.807, 2.05) is 13.8 Å². The molecule has 0 amide bonds. The van der Waals surface area contributed by atoms with E-state index in [9.17, 15) is 14.9 Å². The van der Waals surface area contributed by atoms with Crippen LogP contribution in [0.5, 0.6) is 0 Å². The molecule has 0 N–H and O–H groups in total. The Morgan fingerprint density at radius 3 is 2.47 bits per heavy atom. The van der Waals surface area contributed by atoms with E-state index in [0.717, 1.165) is 0 Å². The van der Waals surface area contributed by atoms with Crippen molar-refractivity contribution in [2.45, 2.75) is 19.8 Å². The van der Waals surface area contributed by atoms with Gasteiger partial charge in [0.05, 0.1) is 4.92 Å². The smallest absolute Gasteiger partial charge is 0.272 e. The summed E-state index contributed by atoms with van der Waals surface area (Å²) in [4.78, 5) is 21.1. The van der Waals surface area contributed by atoms with Gasteiger partial charge in [-0.05, 0) is 29.7 Å². The molecule has 1 rings (SSSR count). The van der Waals surface area contributed by atoms with Crippen LogP contribution in [0.2, 0.25) is 0 Å². The van der Waals surface area contributed by atoms with Gasteiger partial charge in [-0.2, -0.15) is 0 Å². The lowest BCUT2D eigenvalue weighted by molar-refractivity contribution is -0.385. The van der Waals surface area contributed by atoms with E-state index in [1.165, 1.54) is 18.2 Å². The molecule has 0 bridgehead atoms. The molecular weight excluding hydrogens is 218 g/mol. The highest BCUT2D eigenvalue weighted by molar-refractivity contribution is 6.67. The molecule has 80 valence electrons. The van der Waals surface area contributed by atoms with Gasteiger partial charge in [0.15, 0.2) is 0 Å². The normalized spacial score (nSPS) is 10.4. The molecular formula is C10H10ClNO3. The standard InChI is InChI=1S/C10H10ClNO3/c1-6(2)8-5-7(10(11)13)3-4-9(8)12(14)15/h3-6H,1-2H3. The molecule has 0 heterocycles. The fourth-order valence-electron chi connectivity index (χ4n) is 1.31. The SMILES string of the molecule is CC(C)c1cc(C(=O)Cl)ccc1[N+](=O)[O-]. The number of benzene rings is 1. The summed E-state index contributed by atoms with van der Waals surface area (Å²) in [5.74, 6) is -0.0265. The Bertz CT molecular complexity index is 415. The Morgan fingerprint density at radius 2 is 2.07 bits per heavy atom. The number of halogens is 1. The summed E-state index contributed by atoms with van der Waals surface area (Å²) in [6.07, 6.45) is 0. The van der Waals surface area contributed by atoms with E-state index in [0.29, 0.717) is 5.56 Å². The highest BCUT2D eigenvalue weighted by Gasteiger charge is 2.18. The summed E-state index contributed by atoms with van der Waals surface area (Å²) >= 11 is 5.30. The van der Waals surface area contributed by atoms with Crippen molar-refractivity contribution >= 4 is 22.5 Å². The van der Waals surface area contributed by atoms with Gasteiger partial charge in [0, 0.05) is 17.2 Å². The Labute approximate surface area is 92.0 Å². The van der Waals surface area contributed by atoms with Gasteiger partial charge >= 0.3 is 0 Å². The van der Waals surface area contributed by atoms with Gasteiger partial charge in [-0.3, -0.25) is 14.9 Å². The van der Waals surface area contributed by atoms with E-state index >= 15 is 0 Å². The molecule has 0 unspecified atom stereocenters. The summed E-state index contributed by atoms with van der Waals surface area (Å²) in [6.45, 7) is 3.65. The van der Waals surface area contributed by atoms with Gasteiger partial charge in [-0.15, -0.1) is 0 Å². The number of carbonyl (C=O) groups excluding carboxylic acids is 1. The number of hydrogen-bond donors (Lipinski definition) is 0. The van der Waals surface area contributed by atoms with E-state index in [2.05, 4.69) is 0 Å². The second-order valence-corrected chi connectivity index (χ2v) is 3.80. The third-order valence-electron chi connectivity index (χ3n) is 2.07. The highest BCUT2D eigenvalue weighted by Crippen LogP contribution is 2.27. The Kier molecular flexibility index (Phi) is 3.42. The Hall–Kier alpha value is -1.42. The summed E-state index contributed by atoms with van der Waals surface area (Å²) < 4.78 is 0. The molecule has 1 aromatic carbocycles. The molecule has 0 spiro atoms. The fraction of sp³-hybridized carbons (Fsp3) is 0.300. The lowest BCUT2D eigenvalue weighted by Gasteiger charge is -2.07. The zero-order chi connectivity index (χ0) is 11.6. The van der Waals surface area contributed by atoms with Crippen molar-refractivity contribution in [2.75, 3.05) is 0 Å². The summed E-state index contributed by atoms with van der Waals surface area (Å²) in [7, 11) is 0. The summed E-state index contributed by atoms with van der Waals surface area (Å²) in [5, 5.41) is 10.1. The van der Waals surface area contributed by atoms with Crippen LogP contribution < -0.4 is 0 Å². The van der Waals surface area contributed by atoms with Crippen LogP contribution in [0.3, 0.4) is 0 Å². The van der Waals surface area contributed by atoms with Crippen molar-refractivity contribution in [3.63, 3.8) is 0 Å². The van der Waals surface area contributed by atoms with Gasteiger partial charge in [-0.25, -0.2) is 0 Å². The van der Waals surface area contributed by atoms with Crippen LogP contribution in [0.4, 0.5) is 5.69 Å². The lowest BCUT2D eigenvalue weighted by atomic mass is 9.99. The molecule has 15 heavy (non-hydrogen) atoms. The zero-order valence-corrected chi connectivity index (χ0v) is 9.12. The Balaban J connectivity index is 3.33. The van der Waals surface area contributed by atoms with Gasteiger partial charge < -0.3 is 0 Å². The molecule has 1 aromatic rings. The minimum atomic E-state index is -0.605. The molecule has 0 radical (unpaired) electrons. The number of carbonyl (C=O) groups is 1. The van der Waals surface area contributed by atoms with Crippen LogP contribution in [-0.4, -0.2) is 10.2 Å². The van der Waals surface area contributed by atoms with Crippen molar-refractivity contribution in [3.05, 3.63) is 39.4 Å². The first-order valence-electron chi connectivity index (χ1n) is 4.41. The molecule has 0 aliphatic heterocycles. The monoisotopic (exact) mass is 227 g/mol. The number of rotatable bonds is 3. The van der Waals surface area contributed by atoms with Crippen molar-refractivity contribution in [1.29, 1.82) is 0 Å². The lowest BCUT2D eigenvalue weighted by Crippen LogP contribution is -2.00. The average molecular weight is 228 g/mol. The molecule has 0 fully saturated rings. The maximum absolute atomic E-state index is 10.9. The number of nitro groups is 1. The molecule has 5 heteroatoms. The molecule has 0 saturated heterocycles. The molecule has 0 atom stereocenters. The fourth-order valence-corrected chi connectivity index (χ4v) is 1.42. The summed E-state index contributed by atoms with van der Waals surface area (Å²) in [5.41, 5.74) is 0.823. The summed E-state index contributed by atoms with van der Waals surface area (Å²) in [6, 6.07) is 4.14. The first-order valence-corrected chi connectivity index (χ1v) is 4.79. The second-order valence-electron chi connectivity index (χ2n) is 3.46. The van der Waals surface area contributed by atoms with Crippen LogP contribution in [0.25, 0.3) is 0 Å². The quantitative estimate of drug-likeness (QED) is 0.453. The number of nitro benzene ring substituents is 1. The van der Waals surface area contributed by atoms with Gasteiger partial charge in [0.25, 0.3) is 10.9 Å². The van der Waals surface area contributed by atoms with Crippen LogP contribution in [-0.2, 0) is 0 Å². The number of nitrogens with zero attached hydrogens (tertiary/aromatic N) is 1. The minimum Gasteiger partial charge on any atom is -0.276 e. The van der Waals surface area contributed by atoms with Crippen LogP contribution >= 0.6 is 11.6 Å². The predicted molar refractivity (Wildman–Crippen MR) is 57.4 cm³/mol. The van der Waals surface area contributed by atoms with Crippen molar-refractivity contribution < 1.29 is 9.72 Å². The third kappa shape index (κ3) is 2.53. The topological polar surface area (TPSA) is 60.2 Å². The van der Waals surface area contributed by atoms with Gasteiger partial charge in [-0.1, -0.05) is 13.8 Å². The second kappa shape index (κ2) is 4.40. The maximum Gasteiger partial charge on any atom is 0.272 e. The average Bonchev–Trinajstić information content (AvgIpc) is 2.16. The first kappa shape index (κ1) is 11.7. The van der Waals surface area contributed by atoms with E-state index in [1.54, 1.807) is 0 Å². The first-order chi connectivity index (χ1) is 6.93. The highest BCUT2D eigenvalue weighted by atomic mass is 35.5. The molecule has 0 aliphatic rings. The van der Waals surface area contributed by atoms with Crippen molar-refractivity contribution in [2.24, 2.45) is 0 Å². The Morgan fingerprint density at radius 1 is 1.47 bits per heavy atom. The van der Waals surface area contributed by atoms with Gasteiger partial charge in [0.1, 0.15) is 0 Å². The van der Waals surface area contributed by atoms with E-state index in [4.69, 9.17) is 11.6 Å². The molecule has 0 aliphatic carbocycles. The van der Waals surface area contributed by atoms with Crippen molar-refractivity contribution in [1.82, 2.24) is 0 Å². The van der Waals surface area contributed by atoms with Crippen LogP contribution in [0, 0.1) is 10.1 Å². The molecule has 0 aromatic heterocycles. The maximum atomic E-state index is 10.9. The zero-order valence-electron chi connectivity index (χ0n) is 8.36. The van der Waals surface area contributed by atoms with Crippen LogP contribution in [0.15, 0.2) is 18.2 Å². The predicted octanol–water partition coefficient (Wildman–Crippen LogP) is 3.10. The van der Waals surface area contributed by atoms with E-state index < -0.39 is 10.2 Å².